The maximum absolute atomic E-state index is 11.2. The van der Waals surface area contributed by atoms with Gasteiger partial charge in [0, 0.05) is 18.0 Å². The molecule has 0 bridgehead atoms. The summed E-state index contributed by atoms with van der Waals surface area (Å²) < 4.78 is 14.3. The Morgan fingerprint density at radius 3 is 2.61 bits per heavy atom. The molecule has 0 N–H and O–H groups in total. The van der Waals surface area contributed by atoms with Gasteiger partial charge in [0.2, 0.25) is 0 Å². The molecule has 0 atom stereocenters. The molecule has 2 rings (SSSR count). The number of aromatic nitrogens is 2. The van der Waals surface area contributed by atoms with Crippen LogP contribution in [0.15, 0.2) is 24.3 Å². The summed E-state index contributed by atoms with van der Waals surface area (Å²) in [6.07, 6.45) is 0.779. The summed E-state index contributed by atoms with van der Waals surface area (Å²) >= 11 is 1.21. The number of carbonyl (C=O) groups is 1. The van der Waals surface area contributed by atoms with Crippen LogP contribution < -0.4 is 4.74 Å². The zero-order valence-electron chi connectivity index (χ0n) is 10.0. The molecule has 0 spiro atoms. The lowest BCUT2D eigenvalue weighted by Crippen LogP contribution is -2.00. The topological polar surface area (TPSA) is 61.3 Å². The van der Waals surface area contributed by atoms with Crippen LogP contribution >= 0.6 is 11.5 Å². The number of benzene rings is 1. The molecule has 1 heterocycles. The van der Waals surface area contributed by atoms with Crippen LogP contribution in [0.25, 0.3) is 0 Å². The molecule has 5 nitrogen and oxygen atoms in total. The zero-order chi connectivity index (χ0) is 13.0. The average Bonchev–Trinajstić information content (AvgIpc) is 2.86. The van der Waals surface area contributed by atoms with Gasteiger partial charge in [-0.1, -0.05) is 6.92 Å². The average molecular weight is 264 g/mol. The molecule has 94 valence electrons. The Bertz CT molecular complexity index is 537. The SMILES string of the molecule is CCc1nsc(Oc2ccc(C(=O)OC)cc2)n1. The first-order valence-electron chi connectivity index (χ1n) is 5.41. The Kier molecular flexibility index (Phi) is 3.88. The van der Waals surface area contributed by atoms with Gasteiger partial charge in [-0.25, -0.2) is 4.79 Å². The number of methoxy groups -OCH3 is 1. The van der Waals surface area contributed by atoms with Crippen molar-refractivity contribution in [1.82, 2.24) is 9.36 Å². The van der Waals surface area contributed by atoms with Gasteiger partial charge in [-0.15, -0.1) is 0 Å². The minimum atomic E-state index is -0.370. The second kappa shape index (κ2) is 5.59. The fourth-order valence-corrected chi connectivity index (χ4v) is 1.93. The van der Waals surface area contributed by atoms with Crippen LogP contribution in [0.5, 0.6) is 10.9 Å². The van der Waals surface area contributed by atoms with E-state index in [9.17, 15) is 4.79 Å². The Morgan fingerprint density at radius 2 is 2.06 bits per heavy atom. The van der Waals surface area contributed by atoms with Crippen LogP contribution in [0.3, 0.4) is 0 Å². The van der Waals surface area contributed by atoms with E-state index in [0.29, 0.717) is 16.5 Å². The van der Waals surface area contributed by atoms with Crippen molar-refractivity contribution >= 4 is 17.5 Å². The Balaban J connectivity index is 2.08. The molecule has 0 aliphatic carbocycles. The first-order chi connectivity index (χ1) is 8.72. The van der Waals surface area contributed by atoms with Crippen molar-refractivity contribution in [3.8, 4) is 10.9 Å². The van der Waals surface area contributed by atoms with Gasteiger partial charge < -0.3 is 9.47 Å². The molecule has 18 heavy (non-hydrogen) atoms. The number of hydrogen-bond donors (Lipinski definition) is 0. The van der Waals surface area contributed by atoms with Gasteiger partial charge in [-0.3, -0.25) is 0 Å². The van der Waals surface area contributed by atoms with Gasteiger partial charge >= 0.3 is 5.97 Å². The molecule has 0 saturated carbocycles. The third-order valence-electron chi connectivity index (χ3n) is 2.25. The maximum atomic E-state index is 11.2. The molecule has 0 radical (unpaired) electrons. The summed E-state index contributed by atoms with van der Waals surface area (Å²) in [5.41, 5.74) is 0.483. The van der Waals surface area contributed by atoms with Gasteiger partial charge in [0.15, 0.2) is 0 Å². The maximum Gasteiger partial charge on any atom is 0.337 e. The summed E-state index contributed by atoms with van der Waals surface area (Å²) in [6, 6.07) is 6.67. The molecule has 0 fully saturated rings. The van der Waals surface area contributed by atoms with Crippen LogP contribution in [0.1, 0.15) is 23.1 Å². The first kappa shape index (κ1) is 12.5. The summed E-state index contributed by atoms with van der Waals surface area (Å²) in [4.78, 5) is 15.4. The monoisotopic (exact) mass is 264 g/mol. The molecular weight excluding hydrogens is 252 g/mol. The highest BCUT2D eigenvalue weighted by Crippen LogP contribution is 2.23. The van der Waals surface area contributed by atoms with Crippen LogP contribution in [0.2, 0.25) is 0 Å². The fraction of sp³-hybridized carbons (Fsp3) is 0.250. The third kappa shape index (κ3) is 2.84. The first-order valence-corrected chi connectivity index (χ1v) is 6.19. The molecule has 1 aromatic heterocycles. The minimum absolute atomic E-state index is 0.370. The number of hydrogen-bond acceptors (Lipinski definition) is 6. The second-order valence-electron chi connectivity index (χ2n) is 3.45. The predicted octanol–water partition coefficient (Wildman–Crippen LogP) is 2.68. The minimum Gasteiger partial charge on any atom is -0.465 e. The van der Waals surface area contributed by atoms with E-state index in [1.807, 2.05) is 6.92 Å². The number of carbonyl (C=O) groups excluding carboxylic acids is 1. The Morgan fingerprint density at radius 1 is 1.33 bits per heavy atom. The van der Waals surface area contributed by atoms with Crippen molar-refractivity contribution in [3.63, 3.8) is 0 Å². The van der Waals surface area contributed by atoms with Crippen molar-refractivity contribution in [1.29, 1.82) is 0 Å². The molecular formula is C12H12N2O3S. The Labute approximate surface area is 109 Å². The summed E-state index contributed by atoms with van der Waals surface area (Å²) in [7, 11) is 1.35. The van der Waals surface area contributed by atoms with E-state index in [-0.39, 0.29) is 5.97 Å². The molecule has 2 aromatic rings. The smallest absolute Gasteiger partial charge is 0.337 e. The van der Waals surface area contributed by atoms with E-state index >= 15 is 0 Å². The molecule has 0 saturated heterocycles. The second-order valence-corrected chi connectivity index (χ2v) is 4.16. The molecule has 0 aliphatic rings. The van der Waals surface area contributed by atoms with Gasteiger partial charge in [0.25, 0.3) is 5.19 Å². The van der Waals surface area contributed by atoms with Crippen LogP contribution in [-0.2, 0) is 11.2 Å². The van der Waals surface area contributed by atoms with Crippen molar-refractivity contribution in [2.75, 3.05) is 7.11 Å². The van der Waals surface area contributed by atoms with E-state index in [0.717, 1.165) is 12.2 Å². The van der Waals surface area contributed by atoms with Crippen molar-refractivity contribution in [2.45, 2.75) is 13.3 Å². The van der Waals surface area contributed by atoms with Crippen molar-refractivity contribution in [3.05, 3.63) is 35.7 Å². The van der Waals surface area contributed by atoms with Gasteiger partial charge in [-0.05, 0) is 24.3 Å². The lowest BCUT2D eigenvalue weighted by atomic mass is 10.2. The molecule has 0 unspecified atom stereocenters. The van der Waals surface area contributed by atoms with E-state index in [4.69, 9.17) is 4.74 Å². The van der Waals surface area contributed by atoms with Crippen LogP contribution in [0, 0.1) is 0 Å². The number of esters is 1. The Hall–Kier alpha value is -1.95. The molecule has 0 amide bonds. The van der Waals surface area contributed by atoms with E-state index in [1.165, 1.54) is 18.6 Å². The molecule has 1 aromatic carbocycles. The van der Waals surface area contributed by atoms with Crippen LogP contribution in [0.4, 0.5) is 0 Å². The van der Waals surface area contributed by atoms with Gasteiger partial charge in [0.1, 0.15) is 11.6 Å². The predicted molar refractivity (Wildman–Crippen MR) is 67.1 cm³/mol. The van der Waals surface area contributed by atoms with Gasteiger partial charge in [-0.2, -0.15) is 9.36 Å². The largest absolute Gasteiger partial charge is 0.465 e. The van der Waals surface area contributed by atoms with Crippen LogP contribution in [-0.4, -0.2) is 22.4 Å². The lowest BCUT2D eigenvalue weighted by Gasteiger charge is -2.02. The quantitative estimate of drug-likeness (QED) is 0.794. The number of aryl methyl sites for hydroxylation is 1. The summed E-state index contributed by atoms with van der Waals surface area (Å²) in [5.74, 6) is 1.01. The normalized spacial score (nSPS) is 10.1. The highest BCUT2D eigenvalue weighted by molar-refractivity contribution is 7.07. The van der Waals surface area contributed by atoms with E-state index < -0.39 is 0 Å². The number of nitrogens with zero attached hydrogens (tertiary/aromatic N) is 2. The van der Waals surface area contributed by atoms with E-state index in [1.54, 1.807) is 24.3 Å². The van der Waals surface area contributed by atoms with Gasteiger partial charge in [0.05, 0.1) is 12.7 Å². The zero-order valence-corrected chi connectivity index (χ0v) is 10.9. The molecule has 6 heteroatoms. The number of rotatable bonds is 4. The van der Waals surface area contributed by atoms with Crippen molar-refractivity contribution in [2.24, 2.45) is 0 Å². The summed E-state index contributed by atoms with van der Waals surface area (Å²) in [5, 5.41) is 0.498. The fourth-order valence-electron chi connectivity index (χ4n) is 1.30. The summed E-state index contributed by atoms with van der Waals surface area (Å²) in [6.45, 7) is 1.98. The highest BCUT2D eigenvalue weighted by Gasteiger charge is 2.07. The standard InChI is InChI=1S/C12H12N2O3S/c1-3-10-13-12(18-14-10)17-9-6-4-8(5-7-9)11(15)16-2/h4-7H,3H2,1-2H3. The lowest BCUT2D eigenvalue weighted by molar-refractivity contribution is 0.0600. The highest BCUT2D eigenvalue weighted by atomic mass is 32.1. The molecule has 0 aliphatic heterocycles. The van der Waals surface area contributed by atoms with E-state index in [2.05, 4.69) is 14.1 Å². The number of ether oxygens (including phenoxy) is 2. The third-order valence-corrected chi connectivity index (χ3v) is 2.88. The van der Waals surface area contributed by atoms with Crippen molar-refractivity contribution < 1.29 is 14.3 Å².